The lowest BCUT2D eigenvalue weighted by molar-refractivity contribution is -0.119. The summed E-state index contributed by atoms with van der Waals surface area (Å²) in [7, 11) is 0. The summed E-state index contributed by atoms with van der Waals surface area (Å²) >= 11 is 2.98. The van der Waals surface area contributed by atoms with Crippen LogP contribution in [0.3, 0.4) is 0 Å². The van der Waals surface area contributed by atoms with E-state index in [9.17, 15) is 4.79 Å². The SMILES string of the molecule is O=C(CSc1nnc(NC2CCCCC2)s1)NCC1CCCO1. The van der Waals surface area contributed by atoms with Crippen molar-refractivity contribution in [3.63, 3.8) is 0 Å². The van der Waals surface area contributed by atoms with Crippen molar-refractivity contribution in [2.24, 2.45) is 0 Å². The average Bonchev–Trinajstić information content (AvgIpc) is 3.24. The van der Waals surface area contributed by atoms with Gasteiger partial charge in [0, 0.05) is 19.2 Å². The standard InChI is InChI=1S/C15H24N4O2S2/c20-13(16-9-12-7-4-8-21-12)10-22-15-19-18-14(23-15)17-11-5-2-1-3-6-11/h11-12H,1-10H2,(H,16,20)(H,17,18). The van der Waals surface area contributed by atoms with Crippen LogP contribution in [0.25, 0.3) is 0 Å². The van der Waals surface area contributed by atoms with Gasteiger partial charge in [-0.05, 0) is 25.7 Å². The summed E-state index contributed by atoms with van der Waals surface area (Å²) in [5.74, 6) is 0.410. The molecule has 1 atom stereocenters. The summed E-state index contributed by atoms with van der Waals surface area (Å²) in [6, 6.07) is 0.532. The normalized spacial score (nSPS) is 22.2. The molecule has 1 aliphatic carbocycles. The zero-order chi connectivity index (χ0) is 15.9. The molecule has 2 N–H and O–H groups in total. The molecule has 0 bridgehead atoms. The number of nitrogens with zero attached hydrogens (tertiary/aromatic N) is 2. The van der Waals surface area contributed by atoms with Crippen molar-refractivity contribution in [3.8, 4) is 0 Å². The third-order valence-corrected chi connectivity index (χ3v) is 6.20. The van der Waals surface area contributed by atoms with E-state index in [1.165, 1.54) is 55.2 Å². The van der Waals surface area contributed by atoms with Crippen molar-refractivity contribution in [1.29, 1.82) is 0 Å². The Bertz CT molecular complexity index is 499. The van der Waals surface area contributed by atoms with E-state index in [1.807, 2.05) is 0 Å². The highest BCUT2D eigenvalue weighted by molar-refractivity contribution is 8.01. The Morgan fingerprint density at radius 2 is 2.09 bits per heavy atom. The minimum Gasteiger partial charge on any atom is -0.376 e. The minimum atomic E-state index is 0.0301. The number of aromatic nitrogens is 2. The molecule has 6 nitrogen and oxygen atoms in total. The molecular formula is C15H24N4O2S2. The third kappa shape index (κ3) is 5.61. The van der Waals surface area contributed by atoms with Gasteiger partial charge in [-0.25, -0.2) is 0 Å². The highest BCUT2D eigenvalue weighted by atomic mass is 32.2. The molecule has 3 rings (SSSR count). The van der Waals surface area contributed by atoms with E-state index >= 15 is 0 Å². The largest absolute Gasteiger partial charge is 0.376 e. The van der Waals surface area contributed by atoms with Crippen molar-refractivity contribution < 1.29 is 9.53 Å². The maximum absolute atomic E-state index is 11.9. The number of nitrogens with one attached hydrogen (secondary N) is 2. The third-order valence-electron chi connectivity index (χ3n) is 4.22. The molecule has 2 heterocycles. The summed E-state index contributed by atoms with van der Waals surface area (Å²) in [5, 5.41) is 15.6. The van der Waals surface area contributed by atoms with Gasteiger partial charge in [0.05, 0.1) is 11.9 Å². The molecule has 1 aliphatic heterocycles. The minimum absolute atomic E-state index is 0.0301. The van der Waals surface area contributed by atoms with Crippen LogP contribution in [0.15, 0.2) is 4.34 Å². The number of carbonyl (C=O) groups excluding carboxylic acids is 1. The second-order valence-electron chi connectivity index (χ2n) is 6.08. The fourth-order valence-corrected chi connectivity index (χ4v) is 4.62. The second-order valence-corrected chi connectivity index (χ2v) is 8.28. The van der Waals surface area contributed by atoms with Crippen molar-refractivity contribution in [2.45, 2.75) is 61.4 Å². The van der Waals surface area contributed by atoms with Gasteiger partial charge in [0.2, 0.25) is 11.0 Å². The van der Waals surface area contributed by atoms with Crippen LogP contribution in [0.4, 0.5) is 5.13 Å². The first-order valence-electron chi connectivity index (χ1n) is 8.41. The summed E-state index contributed by atoms with van der Waals surface area (Å²) in [6.07, 6.45) is 8.69. The van der Waals surface area contributed by atoms with Gasteiger partial charge in [0.25, 0.3) is 0 Å². The molecule has 1 amide bonds. The van der Waals surface area contributed by atoms with Crippen LogP contribution in [0.5, 0.6) is 0 Å². The van der Waals surface area contributed by atoms with Crippen molar-refractivity contribution in [3.05, 3.63) is 0 Å². The van der Waals surface area contributed by atoms with Crippen molar-refractivity contribution in [1.82, 2.24) is 15.5 Å². The Morgan fingerprint density at radius 3 is 2.87 bits per heavy atom. The van der Waals surface area contributed by atoms with Gasteiger partial charge in [-0.15, -0.1) is 10.2 Å². The van der Waals surface area contributed by atoms with Gasteiger partial charge in [0.15, 0.2) is 4.34 Å². The monoisotopic (exact) mass is 356 g/mol. The van der Waals surface area contributed by atoms with Crippen LogP contribution in [0.1, 0.15) is 44.9 Å². The van der Waals surface area contributed by atoms with Gasteiger partial charge in [-0.1, -0.05) is 42.4 Å². The number of thioether (sulfide) groups is 1. The van der Waals surface area contributed by atoms with Crippen LogP contribution in [0, 0.1) is 0 Å². The van der Waals surface area contributed by atoms with E-state index in [-0.39, 0.29) is 12.0 Å². The molecule has 128 valence electrons. The summed E-state index contributed by atoms with van der Waals surface area (Å²) < 4.78 is 6.33. The van der Waals surface area contributed by atoms with Gasteiger partial charge in [-0.3, -0.25) is 4.79 Å². The zero-order valence-corrected chi connectivity index (χ0v) is 14.9. The molecule has 2 aliphatic rings. The molecule has 8 heteroatoms. The van der Waals surface area contributed by atoms with Crippen LogP contribution in [0.2, 0.25) is 0 Å². The van der Waals surface area contributed by atoms with E-state index in [1.54, 1.807) is 0 Å². The number of carbonyl (C=O) groups is 1. The molecule has 1 aromatic heterocycles. The number of anilines is 1. The molecule has 1 saturated carbocycles. The number of ether oxygens (including phenoxy) is 1. The molecule has 2 fully saturated rings. The predicted octanol–water partition coefficient (Wildman–Crippen LogP) is 2.67. The second kappa shape index (κ2) is 8.84. The fraction of sp³-hybridized carbons (Fsp3) is 0.800. The summed E-state index contributed by atoms with van der Waals surface area (Å²) in [4.78, 5) is 11.9. The van der Waals surface area contributed by atoms with E-state index in [2.05, 4.69) is 20.8 Å². The van der Waals surface area contributed by atoms with E-state index in [0.717, 1.165) is 28.9 Å². The lowest BCUT2D eigenvalue weighted by Gasteiger charge is -2.21. The molecular weight excluding hydrogens is 332 g/mol. The molecule has 1 saturated heterocycles. The average molecular weight is 357 g/mol. The Labute approximate surface area is 145 Å². The van der Waals surface area contributed by atoms with E-state index in [0.29, 0.717) is 18.3 Å². The van der Waals surface area contributed by atoms with Gasteiger partial charge in [0.1, 0.15) is 0 Å². The van der Waals surface area contributed by atoms with Gasteiger partial charge >= 0.3 is 0 Å². The maximum Gasteiger partial charge on any atom is 0.230 e. The van der Waals surface area contributed by atoms with Crippen LogP contribution >= 0.6 is 23.1 Å². The summed E-state index contributed by atoms with van der Waals surface area (Å²) in [5.41, 5.74) is 0. The molecule has 0 radical (unpaired) electrons. The highest BCUT2D eigenvalue weighted by Gasteiger charge is 2.17. The van der Waals surface area contributed by atoms with Gasteiger partial charge in [-0.2, -0.15) is 0 Å². The Hall–Kier alpha value is -0.860. The molecule has 23 heavy (non-hydrogen) atoms. The zero-order valence-electron chi connectivity index (χ0n) is 13.3. The first kappa shape index (κ1) is 17.0. The molecule has 0 aromatic carbocycles. The van der Waals surface area contributed by atoms with Crippen molar-refractivity contribution in [2.75, 3.05) is 24.2 Å². The maximum atomic E-state index is 11.9. The van der Waals surface area contributed by atoms with Crippen molar-refractivity contribution >= 4 is 34.1 Å². The van der Waals surface area contributed by atoms with Crippen LogP contribution < -0.4 is 10.6 Å². The molecule has 1 aromatic rings. The Kier molecular flexibility index (Phi) is 6.53. The van der Waals surface area contributed by atoms with Crippen LogP contribution in [-0.4, -0.2) is 47.2 Å². The quantitative estimate of drug-likeness (QED) is 0.732. The molecule has 1 unspecified atom stereocenters. The number of hydrogen-bond donors (Lipinski definition) is 2. The lowest BCUT2D eigenvalue weighted by atomic mass is 9.96. The summed E-state index contributed by atoms with van der Waals surface area (Å²) in [6.45, 7) is 1.43. The lowest BCUT2D eigenvalue weighted by Crippen LogP contribution is -2.32. The van der Waals surface area contributed by atoms with Gasteiger partial charge < -0.3 is 15.4 Å². The first-order chi connectivity index (χ1) is 11.3. The Morgan fingerprint density at radius 1 is 1.22 bits per heavy atom. The van der Waals surface area contributed by atoms with Crippen LogP contribution in [-0.2, 0) is 9.53 Å². The fourth-order valence-electron chi connectivity index (χ4n) is 2.96. The predicted molar refractivity (Wildman–Crippen MR) is 93.1 cm³/mol. The smallest absolute Gasteiger partial charge is 0.230 e. The Balaban J connectivity index is 1.35. The number of hydrogen-bond acceptors (Lipinski definition) is 7. The topological polar surface area (TPSA) is 76.1 Å². The number of amides is 1. The highest BCUT2D eigenvalue weighted by Crippen LogP contribution is 2.28. The van der Waals surface area contributed by atoms with E-state index in [4.69, 9.17) is 4.74 Å². The first-order valence-corrected chi connectivity index (χ1v) is 10.2. The van der Waals surface area contributed by atoms with E-state index < -0.39 is 0 Å². The number of rotatable bonds is 7. The molecule has 0 spiro atoms.